The first-order valence-corrected chi connectivity index (χ1v) is 5.33. The normalized spacial score (nSPS) is 26.5. The zero-order valence-electron chi connectivity index (χ0n) is 8.87. The molecule has 2 atom stereocenters. The van der Waals surface area contributed by atoms with Gasteiger partial charge in [0.05, 0.1) is 12.1 Å². The first-order valence-electron chi connectivity index (χ1n) is 5.33. The van der Waals surface area contributed by atoms with Crippen LogP contribution in [0.2, 0.25) is 0 Å². The van der Waals surface area contributed by atoms with Gasteiger partial charge < -0.3 is 10.1 Å². The molecule has 0 bridgehead atoms. The van der Waals surface area contributed by atoms with Gasteiger partial charge in [-0.15, -0.1) is 0 Å². The number of hydrogen-bond acceptors (Lipinski definition) is 2. The number of hydrogen-bond donors (Lipinski definition) is 1. The van der Waals surface area contributed by atoms with Gasteiger partial charge in [-0.25, -0.2) is 4.39 Å². The molecule has 0 spiro atoms. The van der Waals surface area contributed by atoms with E-state index in [1.54, 1.807) is 7.11 Å². The van der Waals surface area contributed by atoms with Gasteiger partial charge in [0.15, 0.2) is 0 Å². The molecule has 0 radical (unpaired) electrons. The number of benzene rings is 1. The van der Waals surface area contributed by atoms with Crippen LogP contribution in [-0.4, -0.2) is 19.8 Å². The molecule has 0 aliphatic carbocycles. The summed E-state index contributed by atoms with van der Waals surface area (Å²) < 4.78 is 18.2. The molecule has 0 aromatic heterocycles. The Bertz CT molecular complexity index is 312. The van der Waals surface area contributed by atoms with Crippen LogP contribution in [0.1, 0.15) is 24.4 Å². The largest absolute Gasteiger partial charge is 0.379 e. The average Bonchev–Trinajstić information content (AvgIpc) is 2.30. The molecule has 1 fully saturated rings. The van der Waals surface area contributed by atoms with Gasteiger partial charge in [-0.3, -0.25) is 0 Å². The number of rotatable bonds is 2. The molecule has 0 amide bonds. The molecule has 1 aromatic rings. The van der Waals surface area contributed by atoms with Gasteiger partial charge in [-0.05, 0) is 37.1 Å². The van der Waals surface area contributed by atoms with Crippen molar-refractivity contribution in [3.63, 3.8) is 0 Å². The van der Waals surface area contributed by atoms with Gasteiger partial charge in [0.25, 0.3) is 0 Å². The highest BCUT2D eigenvalue weighted by molar-refractivity contribution is 5.21. The van der Waals surface area contributed by atoms with Gasteiger partial charge in [-0.2, -0.15) is 0 Å². The molecule has 0 saturated carbocycles. The van der Waals surface area contributed by atoms with Crippen molar-refractivity contribution >= 4 is 0 Å². The number of methoxy groups -OCH3 is 1. The van der Waals surface area contributed by atoms with Crippen LogP contribution < -0.4 is 5.32 Å². The molecule has 1 aromatic carbocycles. The number of piperidine rings is 1. The van der Waals surface area contributed by atoms with Crippen LogP contribution in [0.5, 0.6) is 0 Å². The molecule has 1 saturated heterocycles. The second kappa shape index (κ2) is 4.73. The zero-order chi connectivity index (χ0) is 10.7. The lowest BCUT2D eigenvalue weighted by molar-refractivity contribution is 0.0451. The SMILES string of the molecule is COC1CCCNC1c1ccc(F)cc1. The molecule has 1 heterocycles. The maximum atomic E-state index is 12.8. The summed E-state index contributed by atoms with van der Waals surface area (Å²) in [5.41, 5.74) is 1.10. The molecule has 2 rings (SSSR count). The Labute approximate surface area is 89.4 Å². The Morgan fingerprint density at radius 1 is 1.33 bits per heavy atom. The second-order valence-corrected chi connectivity index (χ2v) is 3.90. The van der Waals surface area contributed by atoms with Gasteiger partial charge in [0.1, 0.15) is 5.82 Å². The highest BCUT2D eigenvalue weighted by Gasteiger charge is 2.25. The maximum Gasteiger partial charge on any atom is 0.123 e. The first kappa shape index (κ1) is 10.6. The van der Waals surface area contributed by atoms with E-state index in [0.717, 1.165) is 24.9 Å². The smallest absolute Gasteiger partial charge is 0.123 e. The summed E-state index contributed by atoms with van der Waals surface area (Å²) in [6.45, 7) is 1.00. The standard InChI is InChI=1S/C12H16FNO/c1-15-11-3-2-8-14-12(11)9-4-6-10(13)7-5-9/h4-7,11-12,14H,2-3,8H2,1H3. The molecule has 3 heteroatoms. The molecule has 82 valence electrons. The van der Waals surface area contributed by atoms with Crippen molar-refractivity contribution < 1.29 is 9.13 Å². The third kappa shape index (κ3) is 2.36. The lowest BCUT2D eigenvalue weighted by atomic mass is 9.94. The van der Waals surface area contributed by atoms with Crippen molar-refractivity contribution in [3.8, 4) is 0 Å². The van der Waals surface area contributed by atoms with Crippen LogP contribution in [0.4, 0.5) is 4.39 Å². The summed E-state index contributed by atoms with van der Waals surface area (Å²) in [6, 6.07) is 6.84. The molecule has 2 nitrogen and oxygen atoms in total. The summed E-state index contributed by atoms with van der Waals surface area (Å²) >= 11 is 0. The van der Waals surface area contributed by atoms with Crippen LogP contribution in [0.25, 0.3) is 0 Å². The Morgan fingerprint density at radius 2 is 2.07 bits per heavy atom. The molecular formula is C12H16FNO. The maximum absolute atomic E-state index is 12.8. The predicted octanol–water partition coefficient (Wildman–Crippen LogP) is 2.27. The molecule has 1 N–H and O–H groups in total. The Balaban J connectivity index is 2.16. The predicted molar refractivity (Wildman–Crippen MR) is 57.2 cm³/mol. The van der Waals surface area contributed by atoms with Crippen molar-refractivity contribution in [2.45, 2.75) is 25.0 Å². The van der Waals surface area contributed by atoms with E-state index in [1.165, 1.54) is 12.1 Å². The molecular weight excluding hydrogens is 193 g/mol. The summed E-state index contributed by atoms with van der Waals surface area (Å²) in [6.07, 6.45) is 2.39. The molecule has 2 unspecified atom stereocenters. The minimum atomic E-state index is -0.191. The van der Waals surface area contributed by atoms with Crippen LogP contribution in [0.3, 0.4) is 0 Å². The quantitative estimate of drug-likeness (QED) is 0.806. The average molecular weight is 209 g/mol. The zero-order valence-corrected chi connectivity index (χ0v) is 8.87. The van der Waals surface area contributed by atoms with Crippen LogP contribution >= 0.6 is 0 Å². The fourth-order valence-electron chi connectivity index (χ4n) is 2.12. The van der Waals surface area contributed by atoms with Gasteiger partial charge in [-0.1, -0.05) is 12.1 Å². The van der Waals surface area contributed by atoms with E-state index in [2.05, 4.69) is 5.32 Å². The summed E-state index contributed by atoms with van der Waals surface area (Å²) in [7, 11) is 1.73. The Kier molecular flexibility index (Phi) is 3.34. The van der Waals surface area contributed by atoms with E-state index >= 15 is 0 Å². The Hall–Kier alpha value is -0.930. The third-order valence-electron chi connectivity index (χ3n) is 2.93. The summed E-state index contributed by atoms with van der Waals surface area (Å²) in [5, 5.41) is 3.41. The lowest BCUT2D eigenvalue weighted by Gasteiger charge is -2.31. The highest BCUT2D eigenvalue weighted by atomic mass is 19.1. The fourth-order valence-corrected chi connectivity index (χ4v) is 2.12. The summed E-state index contributed by atoms with van der Waals surface area (Å²) in [4.78, 5) is 0. The monoisotopic (exact) mass is 209 g/mol. The molecule has 15 heavy (non-hydrogen) atoms. The third-order valence-corrected chi connectivity index (χ3v) is 2.93. The van der Waals surface area contributed by atoms with Gasteiger partial charge >= 0.3 is 0 Å². The van der Waals surface area contributed by atoms with Gasteiger partial charge in [0.2, 0.25) is 0 Å². The minimum absolute atomic E-state index is 0.191. The van der Waals surface area contributed by atoms with Crippen molar-refractivity contribution in [1.29, 1.82) is 0 Å². The van der Waals surface area contributed by atoms with E-state index in [4.69, 9.17) is 4.74 Å². The van der Waals surface area contributed by atoms with Crippen LogP contribution in [-0.2, 0) is 4.74 Å². The first-order chi connectivity index (χ1) is 7.31. The fraction of sp³-hybridized carbons (Fsp3) is 0.500. The van der Waals surface area contributed by atoms with Crippen molar-refractivity contribution in [1.82, 2.24) is 5.32 Å². The van der Waals surface area contributed by atoms with E-state index in [9.17, 15) is 4.39 Å². The van der Waals surface area contributed by atoms with E-state index in [1.807, 2.05) is 12.1 Å². The molecule has 1 aliphatic rings. The van der Waals surface area contributed by atoms with E-state index in [-0.39, 0.29) is 18.0 Å². The van der Waals surface area contributed by atoms with E-state index < -0.39 is 0 Å². The minimum Gasteiger partial charge on any atom is -0.379 e. The summed E-state index contributed by atoms with van der Waals surface area (Å²) in [5.74, 6) is -0.191. The second-order valence-electron chi connectivity index (χ2n) is 3.90. The van der Waals surface area contributed by atoms with Crippen molar-refractivity contribution in [2.24, 2.45) is 0 Å². The van der Waals surface area contributed by atoms with Crippen molar-refractivity contribution in [3.05, 3.63) is 35.6 Å². The highest BCUT2D eigenvalue weighted by Crippen LogP contribution is 2.25. The topological polar surface area (TPSA) is 21.3 Å². The number of halogens is 1. The van der Waals surface area contributed by atoms with Crippen LogP contribution in [0, 0.1) is 5.82 Å². The van der Waals surface area contributed by atoms with Crippen LogP contribution in [0.15, 0.2) is 24.3 Å². The number of ether oxygens (including phenoxy) is 1. The van der Waals surface area contributed by atoms with Crippen molar-refractivity contribution in [2.75, 3.05) is 13.7 Å². The van der Waals surface area contributed by atoms with Gasteiger partial charge in [0, 0.05) is 7.11 Å². The molecule has 1 aliphatic heterocycles. The lowest BCUT2D eigenvalue weighted by Crippen LogP contribution is -2.38. The van der Waals surface area contributed by atoms with E-state index in [0.29, 0.717) is 0 Å². The number of nitrogens with one attached hydrogen (secondary N) is 1. The Morgan fingerprint density at radius 3 is 2.73 bits per heavy atom.